The van der Waals surface area contributed by atoms with Crippen LogP contribution in [0.1, 0.15) is 25.0 Å². The number of aromatic nitrogens is 2. The van der Waals surface area contributed by atoms with Crippen LogP contribution in [0.2, 0.25) is 0 Å². The lowest BCUT2D eigenvalue weighted by Crippen LogP contribution is -2.01. The second-order valence-corrected chi connectivity index (χ2v) is 5.04. The quantitative estimate of drug-likeness (QED) is 0.863. The molecule has 0 fully saturated rings. The van der Waals surface area contributed by atoms with Crippen molar-refractivity contribution in [3.8, 4) is 0 Å². The molecule has 4 heteroatoms. The molecular formula is C15H20N4. The molecule has 2 aromatic rings. The number of anilines is 2. The van der Waals surface area contributed by atoms with Crippen molar-refractivity contribution in [3.05, 3.63) is 47.8 Å². The van der Waals surface area contributed by atoms with Crippen molar-refractivity contribution in [2.45, 2.75) is 26.8 Å². The first-order chi connectivity index (χ1) is 9.17. The number of nitrogens with two attached hydrogens (primary N) is 1. The van der Waals surface area contributed by atoms with Crippen LogP contribution in [0.25, 0.3) is 0 Å². The second kappa shape index (κ2) is 6.29. The molecule has 1 heterocycles. The molecule has 0 atom stereocenters. The minimum absolute atomic E-state index is 0.556. The predicted molar refractivity (Wildman–Crippen MR) is 78.2 cm³/mol. The summed E-state index contributed by atoms with van der Waals surface area (Å²) >= 11 is 0. The summed E-state index contributed by atoms with van der Waals surface area (Å²) in [6.45, 7) is 4.93. The summed E-state index contributed by atoms with van der Waals surface area (Å²) in [4.78, 5) is 8.65. The summed E-state index contributed by atoms with van der Waals surface area (Å²) < 4.78 is 0. The van der Waals surface area contributed by atoms with E-state index < -0.39 is 0 Å². The first-order valence-electron chi connectivity index (χ1n) is 6.54. The summed E-state index contributed by atoms with van der Waals surface area (Å²) in [5, 5.41) is 3.17. The molecule has 4 nitrogen and oxygen atoms in total. The zero-order valence-electron chi connectivity index (χ0n) is 11.4. The van der Waals surface area contributed by atoms with Crippen LogP contribution in [0, 0.1) is 5.92 Å². The molecule has 0 aliphatic carbocycles. The van der Waals surface area contributed by atoms with Gasteiger partial charge >= 0.3 is 0 Å². The van der Waals surface area contributed by atoms with E-state index in [-0.39, 0.29) is 0 Å². The van der Waals surface area contributed by atoms with Crippen molar-refractivity contribution in [2.24, 2.45) is 11.7 Å². The normalized spacial score (nSPS) is 10.7. The monoisotopic (exact) mass is 256 g/mol. The summed E-state index contributed by atoms with van der Waals surface area (Å²) in [6.07, 6.45) is 4.76. The molecule has 0 aliphatic rings. The molecule has 0 saturated carbocycles. The summed E-state index contributed by atoms with van der Waals surface area (Å²) in [5.74, 6) is 1.24. The van der Waals surface area contributed by atoms with Crippen LogP contribution >= 0.6 is 0 Å². The second-order valence-electron chi connectivity index (χ2n) is 5.04. The van der Waals surface area contributed by atoms with E-state index in [9.17, 15) is 0 Å². The van der Waals surface area contributed by atoms with E-state index in [2.05, 4.69) is 29.1 Å². The molecule has 0 radical (unpaired) electrons. The lowest BCUT2D eigenvalue weighted by molar-refractivity contribution is 0.644. The first-order valence-corrected chi connectivity index (χ1v) is 6.54. The minimum atomic E-state index is 0.556. The van der Waals surface area contributed by atoms with Gasteiger partial charge in [-0.3, -0.25) is 0 Å². The highest BCUT2D eigenvalue weighted by atomic mass is 15.1. The topological polar surface area (TPSA) is 63.8 Å². The third-order valence-corrected chi connectivity index (χ3v) is 2.80. The Morgan fingerprint density at radius 1 is 1.05 bits per heavy atom. The van der Waals surface area contributed by atoms with E-state index in [1.54, 1.807) is 0 Å². The van der Waals surface area contributed by atoms with Gasteiger partial charge in [0, 0.05) is 24.6 Å². The maximum absolute atomic E-state index is 5.56. The largest absolute Gasteiger partial charge is 0.326 e. The van der Waals surface area contributed by atoms with Gasteiger partial charge in [-0.15, -0.1) is 0 Å². The van der Waals surface area contributed by atoms with Crippen molar-refractivity contribution in [3.63, 3.8) is 0 Å². The average molecular weight is 256 g/mol. The van der Waals surface area contributed by atoms with Gasteiger partial charge in [-0.1, -0.05) is 26.0 Å². The van der Waals surface area contributed by atoms with Gasteiger partial charge in [-0.25, -0.2) is 9.97 Å². The Morgan fingerprint density at radius 3 is 2.21 bits per heavy atom. The SMILES string of the molecule is CC(C)Cc1cnc(Nc2ccc(CN)cc2)nc1. The molecule has 100 valence electrons. The van der Waals surface area contributed by atoms with Gasteiger partial charge in [0.15, 0.2) is 0 Å². The number of nitrogens with zero attached hydrogens (tertiary/aromatic N) is 2. The lowest BCUT2D eigenvalue weighted by atomic mass is 10.1. The van der Waals surface area contributed by atoms with Crippen LogP contribution in [0.4, 0.5) is 11.6 Å². The smallest absolute Gasteiger partial charge is 0.227 e. The third-order valence-electron chi connectivity index (χ3n) is 2.80. The van der Waals surface area contributed by atoms with Crippen molar-refractivity contribution in [1.29, 1.82) is 0 Å². The fourth-order valence-electron chi connectivity index (χ4n) is 1.85. The minimum Gasteiger partial charge on any atom is -0.326 e. The Bertz CT molecular complexity index is 503. The van der Waals surface area contributed by atoms with Crippen LogP contribution in [0.5, 0.6) is 0 Å². The van der Waals surface area contributed by atoms with E-state index in [1.165, 1.54) is 5.56 Å². The molecular weight excluding hydrogens is 236 g/mol. The summed E-state index contributed by atoms with van der Waals surface area (Å²) in [5.41, 5.74) is 8.81. The fourth-order valence-corrected chi connectivity index (χ4v) is 1.85. The van der Waals surface area contributed by atoms with E-state index >= 15 is 0 Å². The van der Waals surface area contributed by atoms with Crippen LogP contribution < -0.4 is 11.1 Å². The molecule has 1 aromatic carbocycles. The van der Waals surface area contributed by atoms with Gasteiger partial charge in [-0.05, 0) is 35.6 Å². The van der Waals surface area contributed by atoms with Crippen LogP contribution in [0.3, 0.4) is 0 Å². The van der Waals surface area contributed by atoms with Crippen LogP contribution in [0.15, 0.2) is 36.7 Å². The third kappa shape index (κ3) is 4.03. The van der Waals surface area contributed by atoms with Crippen LogP contribution in [-0.4, -0.2) is 9.97 Å². The van der Waals surface area contributed by atoms with Gasteiger partial charge in [-0.2, -0.15) is 0 Å². The Balaban J connectivity index is 2.02. The first kappa shape index (κ1) is 13.5. The number of benzene rings is 1. The van der Waals surface area contributed by atoms with E-state index in [0.29, 0.717) is 18.4 Å². The molecule has 0 amide bonds. The van der Waals surface area contributed by atoms with Crippen molar-refractivity contribution in [1.82, 2.24) is 9.97 Å². The summed E-state index contributed by atoms with van der Waals surface area (Å²) in [6, 6.07) is 7.95. The Kier molecular flexibility index (Phi) is 4.47. The standard InChI is InChI=1S/C15H20N4/c1-11(2)7-13-9-17-15(18-10-13)19-14-5-3-12(8-16)4-6-14/h3-6,9-11H,7-8,16H2,1-2H3,(H,17,18,19). The van der Waals surface area contributed by atoms with Gasteiger partial charge in [0.25, 0.3) is 0 Å². The van der Waals surface area contributed by atoms with E-state index in [1.807, 2.05) is 36.7 Å². The number of rotatable bonds is 5. The average Bonchev–Trinajstić information content (AvgIpc) is 2.41. The maximum atomic E-state index is 5.56. The van der Waals surface area contributed by atoms with E-state index in [4.69, 9.17) is 5.73 Å². The summed E-state index contributed by atoms with van der Waals surface area (Å²) in [7, 11) is 0. The van der Waals surface area contributed by atoms with E-state index in [0.717, 1.165) is 17.7 Å². The molecule has 0 saturated heterocycles. The fraction of sp³-hybridized carbons (Fsp3) is 0.333. The highest BCUT2D eigenvalue weighted by Crippen LogP contribution is 2.14. The van der Waals surface area contributed by atoms with Gasteiger partial charge in [0.1, 0.15) is 0 Å². The van der Waals surface area contributed by atoms with Crippen molar-refractivity contribution < 1.29 is 0 Å². The zero-order valence-corrected chi connectivity index (χ0v) is 11.4. The lowest BCUT2D eigenvalue weighted by Gasteiger charge is -2.07. The van der Waals surface area contributed by atoms with Crippen molar-refractivity contribution >= 4 is 11.6 Å². The maximum Gasteiger partial charge on any atom is 0.227 e. The predicted octanol–water partition coefficient (Wildman–Crippen LogP) is 2.88. The van der Waals surface area contributed by atoms with Crippen molar-refractivity contribution in [2.75, 3.05) is 5.32 Å². The zero-order chi connectivity index (χ0) is 13.7. The number of nitrogens with one attached hydrogen (secondary N) is 1. The molecule has 3 N–H and O–H groups in total. The molecule has 0 bridgehead atoms. The Morgan fingerprint density at radius 2 is 1.68 bits per heavy atom. The molecule has 0 unspecified atom stereocenters. The van der Waals surface area contributed by atoms with Gasteiger partial charge < -0.3 is 11.1 Å². The number of hydrogen-bond donors (Lipinski definition) is 2. The Hall–Kier alpha value is -1.94. The Labute approximate surface area is 114 Å². The molecule has 1 aromatic heterocycles. The molecule has 0 spiro atoms. The number of hydrogen-bond acceptors (Lipinski definition) is 4. The molecule has 19 heavy (non-hydrogen) atoms. The highest BCUT2D eigenvalue weighted by Gasteiger charge is 2.01. The highest BCUT2D eigenvalue weighted by molar-refractivity contribution is 5.53. The van der Waals surface area contributed by atoms with Gasteiger partial charge in [0.2, 0.25) is 5.95 Å². The van der Waals surface area contributed by atoms with Gasteiger partial charge in [0.05, 0.1) is 0 Å². The molecule has 2 rings (SSSR count). The molecule has 0 aliphatic heterocycles. The van der Waals surface area contributed by atoms with Crippen LogP contribution in [-0.2, 0) is 13.0 Å².